The fraction of sp³-hybridized carbons (Fsp3) is 0. The lowest BCUT2D eigenvalue weighted by Crippen LogP contribution is -2.00. The second-order valence-electron chi connectivity index (χ2n) is 8.82. The summed E-state index contributed by atoms with van der Waals surface area (Å²) in [7, 11) is 0. The van der Waals surface area contributed by atoms with Gasteiger partial charge in [-0.25, -0.2) is 0 Å². The Morgan fingerprint density at radius 1 is 0.583 bits per heavy atom. The van der Waals surface area contributed by atoms with Gasteiger partial charge in [-0.05, 0) is 54.1 Å². The summed E-state index contributed by atoms with van der Waals surface area (Å²) in [6.45, 7) is 0. The zero-order valence-electron chi connectivity index (χ0n) is 19.1. The van der Waals surface area contributed by atoms with Crippen LogP contribution in [0.4, 0.5) is 0 Å². The van der Waals surface area contributed by atoms with Crippen molar-refractivity contribution in [3.63, 3.8) is 0 Å². The molecule has 5 aromatic carbocycles. The largest absolute Gasteiger partial charge is 0.307 e. The number of fused-ring (bicyclic) bond motifs is 6. The highest BCUT2D eigenvalue weighted by molar-refractivity contribution is 7.25. The van der Waals surface area contributed by atoms with E-state index >= 15 is 0 Å². The first kappa shape index (κ1) is 20.5. The van der Waals surface area contributed by atoms with E-state index in [0.29, 0.717) is 11.1 Å². The Balaban J connectivity index is 1.58. The summed E-state index contributed by atoms with van der Waals surface area (Å²) in [6.07, 6.45) is 0. The van der Waals surface area contributed by atoms with E-state index in [2.05, 4.69) is 77.4 Å². The first-order valence-electron chi connectivity index (χ1n) is 11.7. The summed E-state index contributed by atoms with van der Waals surface area (Å²) in [5, 5.41) is 24.1. The predicted molar refractivity (Wildman–Crippen MR) is 149 cm³/mol. The van der Waals surface area contributed by atoms with Crippen LogP contribution in [0, 0.1) is 22.7 Å². The van der Waals surface area contributed by atoms with Gasteiger partial charge in [0.25, 0.3) is 0 Å². The van der Waals surface area contributed by atoms with Gasteiger partial charge >= 0.3 is 0 Å². The number of hydrogen-bond donors (Lipinski definition) is 0. The second kappa shape index (κ2) is 7.82. The van der Waals surface area contributed by atoms with E-state index in [4.69, 9.17) is 0 Å². The fourth-order valence-electron chi connectivity index (χ4n) is 5.29. The Labute approximate surface area is 211 Å². The molecule has 3 nitrogen and oxygen atoms in total. The molecule has 0 N–H and O–H groups in total. The number of benzene rings is 5. The van der Waals surface area contributed by atoms with E-state index in [9.17, 15) is 10.5 Å². The van der Waals surface area contributed by atoms with Gasteiger partial charge in [-0.15, -0.1) is 11.3 Å². The molecule has 166 valence electrons. The lowest BCUT2D eigenvalue weighted by atomic mass is 9.98. The lowest BCUT2D eigenvalue weighted by Gasteiger charge is -2.16. The van der Waals surface area contributed by atoms with Gasteiger partial charge in [0, 0.05) is 36.5 Å². The molecule has 2 aromatic heterocycles. The summed E-state index contributed by atoms with van der Waals surface area (Å²) in [6, 6.07) is 39.7. The van der Waals surface area contributed by atoms with Crippen LogP contribution in [0.5, 0.6) is 0 Å². The van der Waals surface area contributed by atoms with Gasteiger partial charge in [0.15, 0.2) is 0 Å². The second-order valence-corrected chi connectivity index (χ2v) is 9.90. The first-order chi connectivity index (χ1) is 17.8. The van der Waals surface area contributed by atoms with Crippen LogP contribution in [0.15, 0.2) is 103 Å². The molecular formula is C32H17N3S. The predicted octanol–water partition coefficient (Wildman–Crippen LogP) is 8.56. The van der Waals surface area contributed by atoms with E-state index in [1.54, 1.807) is 11.3 Å². The quantitative estimate of drug-likeness (QED) is 0.251. The van der Waals surface area contributed by atoms with Gasteiger partial charge in [0.1, 0.15) is 6.07 Å². The molecule has 0 aliphatic heterocycles. The van der Waals surface area contributed by atoms with Crippen molar-refractivity contribution in [2.45, 2.75) is 0 Å². The van der Waals surface area contributed by atoms with Crippen LogP contribution in [0.1, 0.15) is 11.1 Å². The van der Waals surface area contributed by atoms with Gasteiger partial charge in [-0.3, -0.25) is 0 Å². The van der Waals surface area contributed by atoms with Gasteiger partial charge in [0.2, 0.25) is 0 Å². The van der Waals surface area contributed by atoms with E-state index in [0.717, 1.165) is 54.1 Å². The number of nitrogens with zero attached hydrogens (tertiary/aromatic N) is 3. The molecule has 0 amide bonds. The normalized spacial score (nSPS) is 11.3. The van der Waals surface area contributed by atoms with Crippen molar-refractivity contribution in [1.29, 1.82) is 10.5 Å². The minimum absolute atomic E-state index is 0.626. The fourth-order valence-corrected chi connectivity index (χ4v) is 6.35. The Kier molecular flexibility index (Phi) is 4.45. The summed E-state index contributed by atoms with van der Waals surface area (Å²) in [5.74, 6) is 0. The molecule has 0 fully saturated rings. The highest BCUT2D eigenvalue weighted by Gasteiger charge is 2.19. The molecule has 0 spiro atoms. The average Bonchev–Trinajstić information content (AvgIpc) is 3.47. The number of hydrogen-bond acceptors (Lipinski definition) is 3. The number of aromatic nitrogens is 1. The molecule has 7 aromatic rings. The van der Waals surface area contributed by atoms with Crippen molar-refractivity contribution in [2.75, 3.05) is 0 Å². The van der Waals surface area contributed by atoms with Crippen LogP contribution < -0.4 is 0 Å². The summed E-state index contributed by atoms with van der Waals surface area (Å²) >= 11 is 1.73. The van der Waals surface area contributed by atoms with Crippen LogP contribution in [0.25, 0.3) is 58.8 Å². The van der Waals surface area contributed by atoms with E-state index in [1.165, 1.54) is 4.70 Å². The molecule has 0 bridgehead atoms. The van der Waals surface area contributed by atoms with Crippen molar-refractivity contribution in [2.24, 2.45) is 0 Å². The molecule has 36 heavy (non-hydrogen) atoms. The van der Waals surface area contributed by atoms with Crippen molar-refractivity contribution >= 4 is 53.3 Å². The molecular weight excluding hydrogens is 458 g/mol. The highest BCUT2D eigenvalue weighted by atomic mass is 32.1. The maximum Gasteiger partial charge on any atom is 0.101 e. The molecule has 0 aliphatic carbocycles. The van der Waals surface area contributed by atoms with Crippen LogP contribution in [0.3, 0.4) is 0 Å². The number of thiophene rings is 1. The van der Waals surface area contributed by atoms with Crippen LogP contribution in [-0.4, -0.2) is 4.57 Å². The maximum absolute atomic E-state index is 10.2. The minimum Gasteiger partial charge on any atom is -0.307 e. The van der Waals surface area contributed by atoms with Crippen molar-refractivity contribution < 1.29 is 0 Å². The number of nitriles is 2. The van der Waals surface area contributed by atoms with Gasteiger partial charge < -0.3 is 4.57 Å². The smallest absolute Gasteiger partial charge is 0.101 e. The topological polar surface area (TPSA) is 52.5 Å². The van der Waals surface area contributed by atoms with Gasteiger partial charge in [-0.1, -0.05) is 54.6 Å². The highest BCUT2D eigenvalue weighted by Crippen LogP contribution is 2.41. The zero-order valence-corrected chi connectivity index (χ0v) is 19.9. The van der Waals surface area contributed by atoms with E-state index < -0.39 is 0 Å². The molecule has 0 unspecified atom stereocenters. The number of rotatable bonds is 2. The van der Waals surface area contributed by atoms with Gasteiger partial charge in [0.05, 0.1) is 33.9 Å². The summed E-state index contributed by atoms with van der Waals surface area (Å²) in [4.78, 5) is 0. The van der Waals surface area contributed by atoms with Crippen LogP contribution in [0.2, 0.25) is 0 Å². The van der Waals surface area contributed by atoms with Crippen LogP contribution >= 0.6 is 11.3 Å². The Morgan fingerprint density at radius 3 is 1.94 bits per heavy atom. The SMILES string of the molecule is N#Cc1ccc2sc3ccc(-c4cccc(C#N)c4-n4c5ccccc5c5ccccc54)cc3c2c1. The van der Waals surface area contributed by atoms with Crippen LogP contribution in [-0.2, 0) is 0 Å². The third-order valence-electron chi connectivity index (χ3n) is 6.87. The Hall–Kier alpha value is -4.90. The summed E-state index contributed by atoms with van der Waals surface area (Å²) < 4.78 is 4.57. The van der Waals surface area contributed by atoms with E-state index in [-0.39, 0.29) is 0 Å². The molecule has 2 heterocycles. The third kappa shape index (κ3) is 2.89. The Morgan fingerprint density at radius 2 is 1.25 bits per heavy atom. The monoisotopic (exact) mass is 475 g/mol. The molecule has 4 heteroatoms. The molecule has 0 saturated carbocycles. The number of para-hydroxylation sites is 3. The zero-order chi connectivity index (χ0) is 24.2. The molecule has 0 atom stereocenters. The van der Waals surface area contributed by atoms with E-state index in [1.807, 2.05) is 42.5 Å². The van der Waals surface area contributed by atoms with Crippen molar-refractivity contribution in [1.82, 2.24) is 4.57 Å². The minimum atomic E-state index is 0.626. The summed E-state index contributed by atoms with van der Waals surface area (Å²) in [5.41, 5.74) is 6.35. The third-order valence-corrected chi connectivity index (χ3v) is 8.02. The standard InChI is InChI=1S/C32H17N3S/c33-18-20-12-14-30-26(16-20)27-17-21(13-15-31(27)36-30)23-9-5-6-22(19-34)32(23)35-28-10-3-1-7-24(28)25-8-2-4-11-29(25)35/h1-17H. The molecule has 0 saturated heterocycles. The lowest BCUT2D eigenvalue weighted by molar-refractivity contribution is 1.17. The molecule has 0 radical (unpaired) electrons. The average molecular weight is 476 g/mol. The van der Waals surface area contributed by atoms with Crippen molar-refractivity contribution in [3.8, 4) is 29.0 Å². The first-order valence-corrected chi connectivity index (χ1v) is 12.5. The Bertz CT molecular complexity index is 2030. The van der Waals surface area contributed by atoms with Crippen molar-refractivity contribution in [3.05, 3.63) is 114 Å². The maximum atomic E-state index is 10.2. The molecule has 0 aliphatic rings. The molecule has 7 rings (SSSR count). The van der Waals surface area contributed by atoms with Gasteiger partial charge in [-0.2, -0.15) is 10.5 Å².